The second-order valence-corrected chi connectivity index (χ2v) is 3.46. The maximum absolute atomic E-state index is 8.97. The molecule has 0 spiro atoms. The molecule has 12 heavy (non-hydrogen) atoms. The van der Waals surface area contributed by atoms with Gasteiger partial charge in [0.05, 0.1) is 18.0 Å². The fourth-order valence-corrected chi connectivity index (χ4v) is 0.978. The van der Waals surface area contributed by atoms with Crippen LogP contribution in [0.3, 0.4) is 0 Å². The first-order valence-electron chi connectivity index (χ1n) is 3.83. The van der Waals surface area contributed by atoms with Gasteiger partial charge >= 0.3 is 0 Å². The highest BCUT2D eigenvalue weighted by Crippen LogP contribution is 2.18. The lowest BCUT2D eigenvalue weighted by Crippen LogP contribution is -2.17. The third-order valence-electron chi connectivity index (χ3n) is 1.54. The van der Waals surface area contributed by atoms with Crippen LogP contribution in [0.1, 0.15) is 20.3 Å². The molecule has 0 aromatic rings. The molecule has 1 aliphatic rings. The summed E-state index contributed by atoms with van der Waals surface area (Å²) in [4.78, 5) is 4.19. The van der Waals surface area contributed by atoms with Crippen LogP contribution >= 0.6 is 0 Å². The summed E-state index contributed by atoms with van der Waals surface area (Å²) in [6.07, 6.45) is -0.808. The molecule has 66 valence electrons. The number of aliphatic imine (C=N–C) groups is 1. The lowest BCUT2D eigenvalue weighted by Gasteiger charge is -2.07. The molecule has 1 unspecified atom stereocenters. The second kappa shape index (κ2) is 3.11. The molecular formula is C8H12N2O2. The zero-order valence-corrected chi connectivity index (χ0v) is 7.24. The number of rotatable bonds is 2. The standard InChI is InChI=1S/C8H12N2O2/c1-8(2)5-12-7(10-8)3-6(11)4-9/h6,11H,3,5H2,1-2H3. The van der Waals surface area contributed by atoms with E-state index in [0.717, 1.165) is 0 Å². The van der Waals surface area contributed by atoms with Gasteiger partial charge in [-0.1, -0.05) is 0 Å². The molecule has 1 heterocycles. The second-order valence-electron chi connectivity index (χ2n) is 3.46. The van der Waals surface area contributed by atoms with E-state index in [4.69, 9.17) is 15.1 Å². The molecule has 1 rings (SSSR count). The summed E-state index contributed by atoms with van der Waals surface area (Å²) < 4.78 is 5.18. The average molecular weight is 168 g/mol. The van der Waals surface area contributed by atoms with Gasteiger partial charge in [-0.05, 0) is 13.8 Å². The van der Waals surface area contributed by atoms with Gasteiger partial charge in [-0.2, -0.15) is 5.26 Å². The van der Waals surface area contributed by atoms with E-state index < -0.39 is 6.10 Å². The zero-order chi connectivity index (χ0) is 9.19. The Bertz CT molecular complexity index is 240. The Hall–Kier alpha value is -1.08. The van der Waals surface area contributed by atoms with Crippen molar-refractivity contribution in [1.29, 1.82) is 5.26 Å². The molecule has 0 aromatic carbocycles. The monoisotopic (exact) mass is 168 g/mol. The molecule has 0 amide bonds. The molecule has 0 aliphatic carbocycles. The molecule has 4 nitrogen and oxygen atoms in total. The van der Waals surface area contributed by atoms with Crippen molar-refractivity contribution in [1.82, 2.24) is 0 Å². The van der Waals surface area contributed by atoms with Crippen molar-refractivity contribution in [3.63, 3.8) is 0 Å². The van der Waals surface area contributed by atoms with Crippen molar-refractivity contribution in [3.8, 4) is 6.07 Å². The molecule has 0 fully saturated rings. The van der Waals surface area contributed by atoms with Crippen LogP contribution in [0.25, 0.3) is 0 Å². The molecular weight excluding hydrogens is 156 g/mol. The van der Waals surface area contributed by atoms with Gasteiger partial charge in [-0.15, -0.1) is 0 Å². The number of hydrogen-bond donors (Lipinski definition) is 1. The summed E-state index contributed by atoms with van der Waals surface area (Å²) in [7, 11) is 0. The normalized spacial score (nSPS) is 22.3. The predicted octanol–water partition coefficient (Wildman–Crippen LogP) is 0.468. The van der Waals surface area contributed by atoms with Crippen molar-refractivity contribution in [3.05, 3.63) is 0 Å². The summed E-state index contributed by atoms with van der Waals surface area (Å²) in [5.41, 5.74) is -0.204. The molecule has 0 radical (unpaired) electrons. The van der Waals surface area contributed by atoms with Crippen LogP contribution in [0.4, 0.5) is 0 Å². The first kappa shape index (κ1) is 9.01. The highest BCUT2D eigenvalue weighted by Gasteiger charge is 2.27. The van der Waals surface area contributed by atoms with E-state index in [9.17, 15) is 0 Å². The van der Waals surface area contributed by atoms with Crippen molar-refractivity contribution in [2.45, 2.75) is 31.9 Å². The van der Waals surface area contributed by atoms with Gasteiger partial charge in [0.15, 0.2) is 5.90 Å². The molecule has 0 saturated heterocycles. The Morgan fingerprint density at radius 1 is 1.83 bits per heavy atom. The summed E-state index contributed by atoms with van der Waals surface area (Å²) in [6, 6.07) is 1.71. The highest BCUT2D eigenvalue weighted by atomic mass is 16.5. The molecule has 0 aromatic heterocycles. The maximum Gasteiger partial charge on any atom is 0.187 e. The van der Waals surface area contributed by atoms with E-state index >= 15 is 0 Å². The van der Waals surface area contributed by atoms with Gasteiger partial charge in [-0.3, -0.25) is 0 Å². The summed E-state index contributed by atoms with van der Waals surface area (Å²) >= 11 is 0. The molecule has 0 saturated carbocycles. The van der Waals surface area contributed by atoms with Crippen LogP contribution in [0.2, 0.25) is 0 Å². The number of aliphatic hydroxyl groups is 1. The van der Waals surface area contributed by atoms with E-state index in [1.165, 1.54) is 0 Å². The lowest BCUT2D eigenvalue weighted by molar-refractivity contribution is 0.219. The van der Waals surface area contributed by atoms with Gasteiger partial charge in [0, 0.05) is 0 Å². The first-order chi connectivity index (χ1) is 5.53. The fourth-order valence-electron chi connectivity index (χ4n) is 0.978. The first-order valence-corrected chi connectivity index (χ1v) is 3.83. The van der Waals surface area contributed by atoms with Crippen LogP contribution in [0.5, 0.6) is 0 Å². The summed E-state index contributed by atoms with van der Waals surface area (Å²) in [5.74, 6) is 0.481. The van der Waals surface area contributed by atoms with Gasteiger partial charge in [0.25, 0.3) is 0 Å². The minimum atomic E-state index is -1.00. The number of hydrogen-bond acceptors (Lipinski definition) is 4. The minimum Gasteiger partial charge on any atom is -0.478 e. The summed E-state index contributed by atoms with van der Waals surface area (Å²) in [5, 5.41) is 17.3. The molecule has 0 bridgehead atoms. The van der Waals surface area contributed by atoms with Gasteiger partial charge < -0.3 is 9.84 Å². The maximum atomic E-state index is 8.97. The third kappa shape index (κ3) is 2.21. The van der Waals surface area contributed by atoms with Gasteiger partial charge in [-0.25, -0.2) is 4.99 Å². The molecule has 1 atom stereocenters. The van der Waals surface area contributed by atoms with Crippen LogP contribution in [0.15, 0.2) is 4.99 Å². The van der Waals surface area contributed by atoms with Gasteiger partial charge in [0.2, 0.25) is 0 Å². The smallest absolute Gasteiger partial charge is 0.187 e. The zero-order valence-electron chi connectivity index (χ0n) is 7.24. The Morgan fingerprint density at radius 2 is 2.50 bits per heavy atom. The number of ether oxygens (including phenoxy) is 1. The van der Waals surface area contributed by atoms with Crippen LogP contribution in [0, 0.1) is 11.3 Å². The van der Waals surface area contributed by atoms with Gasteiger partial charge in [0.1, 0.15) is 12.7 Å². The van der Waals surface area contributed by atoms with Crippen LogP contribution in [-0.2, 0) is 4.74 Å². The lowest BCUT2D eigenvalue weighted by atomic mass is 10.1. The average Bonchev–Trinajstić information content (AvgIpc) is 2.30. The Kier molecular flexibility index (Phi) is 2.34. The minimum absolute atomic E-state index is 0.194. The van der Waals surface area contributed by atoms with Crippen molar-refractivity contribution in [2.75, 3.05) is 6.61 Å². The number of aliphatic hydroxyl groups excluding tert-OH is 1. The van der Waals surface area contributed by atoms with Crippen LogP contribution in [-0.4, -0.2) is 29.3 Å². The van der Waals surface area contributed by atoms with E-state index in [0.29, 0.717) is 12.5 Å². The SMILES string of the molecule is CC1(C)COC(CC(O)C#N)=N1. The van der Waals surface area contributed by atoms with Crippen molar-refractivity contribution >= 4 is 5.90 Å². The Morgan fingerprint density at radius 3 is 2.92 bits per heavy atom. The molecule has 4 heteroatoms. The predicted molar refractivity (Wildman–Crippen MR) is 43.7 cm³/mol. The largest absolute Gasteiger partial charge is 0.478 e. The quantitative estimate of drug-likeness (QED) is 0.609. The van der Waals surface area contributed by atoms with Crippen LogP contribution < -0.4 is 0 Å². The highest BCUT2D eigenvalue weighted by molar-refractivity contribution is 5.78. The topological polar surface area (TPSA) is 65.6 Å². The number of nitriles is 1. The van der Waals surface area contributed by atoms with E-state index in [2.05, 4.69) is 4.99 Å². The van der Waals surface area contributed by atoms with Crippen molar-refractivity contribution in [2.24, 2.45) is 4.99 Å². The fraction of sp³-hybridized carbons (Fsp3) is 0.750. The molecule has 1 aliphatic heterocycles. The van der Waals surface area contributed by atoms with E-state index in [-0.39, 0.29) is 12.0 Å². The van der Waals surface area contributed by atoms with Crippen molar-refractivity contribution < 1.29 is 9.84 Å². The number of nitrogens with zero attached hydrogens (tertiary/aromatic N) is 2. The summed E-state index contributed by atoms with van der Waals surface area (Å²) in [6.45, 7) is 4.41. The Balaban J connectivity index is 2.52. The van der Waals surface area contributed by atoms with E-state index in [1.54, 1.807) is 6.07 Å². The van der Waals surface area contributed by atoms with E-state index in [1.807, 2.05) is 13.8 Å². The third-order valence-corrected chi connectivity index (χ3v) is 1.54. The molecule has 1 N–H and O–H groups in total. The Labute approximate surface area is 71.5 Å².